The molecule has 0 radical (unpaired) electrons. The van der Waals surface area contributed by atoms with Crippen LogP contribution in [0.1, 0.15) is 15.9 Å². The van der Waals surface area contributed by atoms with E-state index in [4.69, 9.17) is 4.74 Å². The number of rotatable bonds is 7. The summed E-state index contributed by atoms with van der Waals surface area (Å²) in [5.41, 5.74) is 2.97. The van der Waals surface area contributed by atoms with Gasteiger partial charge < -0.3 is 4.74 Å². The normalized spacial score (nSPS) is 10.5. The van der Waals surface area contributed by atoms with Gasteiger partial charge in [-0.1, -0.05) is 18.2 Å². The van der Waals surface area contributed by atoms with Crippen LogP contribution >= 0.6 is 0 Å². The standard InChI is InChI=1S/C20H14N4O6/c25-20(15-10-17(23(26)27)12-18(11-15)24(28)29)30-19-8-6-14(7-9-19)13-21-22-16-4-2-1-3-5-16/h1-13,22H/b21-13-. The topological polar surface area (TPSA) is 137 Å². The van der Waals surface area contributed by atoms with Crippen molar-refractivity contribution < 1.29 is 19.4 Å². The van der Waals surface area contributed by atoms with Gasteiger partial charge in [-0.25, -0.2) is 4.79 Å². The van der Waals surface area contributed by atoms with E-state index in [1.165, 1.54) is 12.1 Å². The van der Waals surface area contributed by atoms with Gasteiger partial charge in [-0.2, -0.15) is 5.10 Å². The summed E-state index contributed by atoms with van der Waals surface area (Å²) in [6.45, 7) is 0. The lowest BCUT2D eigenvalue weighted by atomic mass is 10.1. The molecule has 0 aliphatic rings. The van der Waals surface area contributed by atoms with Crippen LogP contribution in [0.5, 0.6) is 5.75 Å². The van der Waals surface area contributed by atoms with Crippen molar-refractivity contribution in [3.05, 3.63) is 104 Å². The number of benzene rings is 3. The fourth-order valence-corrected chi connectivity index (χ4v) is 2.41. The molecule has 0 aliphatic heterocycles. The van der Waals surface area contributed by atoms with Gasteiger partial charge in [-0.15, -0.1) is 0 Å². The second-order valence-electron chi connectivity index (χ2n) is 5.95. The number of nitrogens with one attached hydrogen (secondary N) is 1. The SMILES string of the molecule is O=C(Oc1ccc(/C=N\Nc2ccccc2)cc1)c1cc([N+](=O)[O-])cc([N+](=O)[O-])c1. The summed E-state index contributed by atoms with van der Waals surface area (Å²) in [7, 11) is 0. The van der Waals surface area contributed by atoms with Crippen LogP contribution in [-0.2, 0) is 0 Å². The number of hydrogen-bond donors (Lipinski definition) is 1. The van der Waals surface area contributed by atoms with E-state index in [0.717, 1.165) is 29.4 Å². The van der Waals surface area contributed by atoms with Gasteiger partial charge in [-0.3, -0.25) is 25.7 Å². The molecule has 0 aliphatic carbocycles. The molecule has 10 nitrogen and oxygen atoms in total. The molecular weight excluding hydrogens is 392 g/mol. The van der Waals surface area contributed by atoms with E-state index in [2.05, 4.69) is 10.5 Å². The zero-order valence-corrected chi connectivity index (χ0v) is 15.3. The van der Waals surface area contributed by atoms with Gasteiger partial charge in [0.2, 0.25) is 0 Å². The van der Waals surface area contributed by atoms with Crippen molar-refractivity contribution in [1.29, 1.82) is 0 Å². The Morgan fingerprint density at radius 2 is 1.50 bits per heavy atom. The third kappa shape index (κ3) is 5.23. The first kappa shape index (κ1) is 20.1. The predicted octanol–water partition coefficient (Wildman–Crippen LogP) is 4.17. The quantitative estimate of drug-likeness (QED) is 0.204. The highest BCUT2D eigenvalue weighted by molar-refractivity contribution is 5.92. The minimum absolute atomic E-state index is 0.169. The first-order valence-corrected chi connectivity index (χ1v) is 8.52. The summed E-state index contributed by atoms with van der Waals surface area (Å²) in [4.78, 5) is 32.5. The number of carbonyl (C=O) groups is 1. The lowest BCUT2D eigenvalue weighted by Gasteiger charge is -2.05. The Labute approximate surface area is 169 Å². The number of hydrazone groups is 1. The molecule has 0 unspecified atom stereocenters. The molecule has 0 bridgehead atoms. The van der Waals surface area contributed by atoms with Gasteiger partial charge in [0.1, 0.15) is 5.75 Å². The fourth-order valence-electron chi connectivity index (χ4n) is 2.41. The summed E-state index contributed by atoms with van der Waals surface area (Å²) >= 11 is 0. The van der Waals surface area contributed by atoms with E-state index in [9.17, 15) is 25.0 Å². The second kappa shape index (κ2) is 9.06. The Morgan fingerprint density at radius 1 is 0.900 bits per heavy atom. The number of hydrogen-bond acceptors (Lipinski definition) is 8. The third-order valence-electron chi connectivity index (χ3n) is 3.83. The Balaban J connectivity index is 1.68. The number of para-hydroxylation sites is 1. The molecule has 0 spiro atoms. The predicted molar refractivity (Wildman–Crippen MR) is 109 cm³/mol. The van der Waals surface area contributed by atoms with E-state index >= 15 is 0 Å². The molecule has 10 heteroatoms. The molecule has 150 valence electrons. The van der Waals surface area contributed by atoms with Crippen molar-refractivity contribution in [3.63, 3.8) is 0 Å². The smallest absolute Gasteiger partial charge is 0.344 e. The van der Waals surface area contributed by atoms with E-state index in [1.807, 2.05) is 30.3 Å². The first-order chi connectivity index (χ1) is 14.4. The molecule has 0 saturated heterocycles. The van der Waals surface area contributed by atoms with Crippen molar-refractivity contribution in [2.75, 3.05) is 5.43 Å². The lowest BCUT2D eigenvalue weighted by Crippen LogP contribution is -2.09. The number of carbonyl (C=O) groups excluding carboxylic acids is 1. The molecule has 3 aromatic carbocycles. The zero-order valence-electron chi connectivity index (χ0n) is 15.3. The van der Waals surface area contributed by atoms with Gasteiger partial charge in [-0.05, 0) is 42.0 Å². The highest BCUT2D eigenvalue weighted by Gasteiger charge is 2.21. The largest absolute Gasteiger partial charge is 0.423 e. The van der Waals surface area contributed by atoms with Crippen LogP contribution < -0.4 is 10.2 Å². The summed E-state index contributed by atoms with van der Waals surface area (Å²) in [5, 5.41) is 26.0. The fraction of sp³-hybridized carbons (Fsp3) is 0. The van der Waals surface area contributed by atoms with Crippen LogP contribution in [0.3, 0.4) is 0 Å². The Kier molecular flexibility index (Phi) is 6.08. The minimum atomic E-state index is -0.950. The van der Waals surface area contributed by atoms with E-state index < -0.39 is 27.2 Å². The average molecular weight is 406 g/mol. The third-order valence-corrected chi connectivity index (χ3v) is 3.83. The highest BCUT2D eigenvalue weighted by atomic mass is 16.6. The molecule has 0 heterocycles. The molecule has 0 aromatic heterocycles. The molecule has 0 fully saturated rings. The van der Waals surface area contributed by atoms with Crippen LogP contribution in [0.25, 0.3) is 0 Å². The van der Waals surface area contributed by atoms with Gasteiger partial charge in [0.25, 0.3) is 11.4 Å². The Morgan fingerprint density at radius 3 is 2.07 bits per heavy atom. The molecule has 1 N–H and O–H groups in total. The number of nitro groups is 2. The van der Waals surface area contributed by atoms with Crippen LogP contribution in [0.4, 0.5) is 17.1 Å². The molecule has 0 atom stereocenters. The van der Waals surface area contributed by atoms with Gasteiger partial charge in [0, 0.05) is 12.1 Å². The summed E-state index contributed by atoms with van der Waals surface area (Å²) < 4.78 is 5.15. The van der Waals surface area contributed by atoms with E-state index in [0.29, 0.717) is 0 Å². The van der Waals surface area contributed by atoms with Crippen molar-refractivity contribution in [1.82, 2.24) is 0 Å². The highest BCUT2D eigenvalue weighted by Crippen LogP contribution is 2.24. The Hall–Kier alpha value is -4.60. The summed E-state index contributed by atoms with van der Waals surface area (Å²) in [6, 6.07) is 18.3. The van der Waals surface area contributed by atoms with Gasteiger partial charge in [0.05, 0.1) is 33.4 Å². The van der Waals surface area contributed by atoms with E-state index in [1.54, 1.807) is 18.3 Å². The minimum Gasteiger partial charge on any atom is -0.423 e. The number of anilines is 1. The Bertz CT molecular complexity index is 1080. The van der Waals surface area contributed by atoms with Crippen molar-refractivity contribution in [2.45, 2.75) is 0 Å². The van der Waals surface area contributed by atoms with Crippen LogP contribution in [0, 0.1) is 20.2 Å². The molecule has 3 aromatic rings. The first-order valence-electron chi connectivity index (χ1n) is 8.52. The maximum atomic E-state index is 12.3. The number of non-ortho nitro benzene ring substituents is 2. The number of nitro benzene ring substituents is 2. The van der Waals surface area contributed by atoms with E-state index in [-0.39, 0.29) is 11.3 Å². The molecular formula is C20H14N4O6. The lowest BCUT2D eigenvalue weighted by molar-refractivity contribution is -0.394. The zero-order chi connectivity index (χ0) is 21.5. The maximum absolute atomic E-state index is 12.3. The number of nitrogens with zero attached hydrogens (tertiary/aromatic N) is 3. The molecule has 0 amide bonds. The van der Waals surface area contributed by atoms with Crippen LogP contribution in [0.2, 0.25) is 0 Å². The average Bonchev–Trinajstić information content (AvgIpc) is 2.75. The monoisotopic (exact) mass is 406 g/mol. The summed E-state index contributed by atoms with van der Waals surface area (Å²) in [6.07, 6.45) is 1.57. The summed E-state index contributed by atoms with van der Waals surface area (Å²) in [5.74, 6) is -0.781. The van der Waals surface area contributed by atoms with Crippen molar-refractivity contribution in [3.8, 4) is 5.75 Å². The molecule has 0 saturated carbocycles. The molecule has 3 rings (SSSR count). The maximum Gasteiger partial charge on any atom is 0.344 e. The molecule has 30 heavy (non-hydrogen) atoms. The van der Waals surface area contributed by atoms with Gasteiger partial charge >= 0.3 is 5.97 Å². The second-order valence-corrected chi connectivity index (χ2v) is 5.95. The van der Waals surface area contributed by atoms with Crippen LogP contribution in [0.15, 0.2) is 77.9 Å². The van der Waals surface area contributed by atoms with Crippen molar-refractivity contribution >= 4 is 29.2 Å². The van der Waals surface area contributed by atoms with Gasteiger partial charge in [0.15, 0.2) is 0 Å². The van der Waals surface area contributed by atoms with Crippen molar-refractivity contribution in [2.24, 2.45) is 5.10 Å². The number of ether oxygens (including phenoxy) is 1. The number of esters is 1. The van der Waals surface area contributed by atoms with Crippen LogP contribution in [-0.4, -0.2) is 22.0 Å².